The number of nitrogen functional groups attached to an aromatic ring is 1. The number of nitrogens with two attached hydrogens (primary N) is 1. The number of hydrogen-bond donors (Lipinski definition) is 3. The summed E-state index contributed by atoms with van der Waals surface area (Å²) >= 11 is 0. The minimum atomic E-state index is -0.234. The molecule has 0 aliphatic carbocycles. The highest BCUT2D eigenvalue weighted by Gasteiger charge is 2.09. The average Bonchev–Trinajstić information content (AvgIpc) is 2.36. The third kappa shape index (κ3) is 1.68. The molecule has 5 nitrogen and oxygen atoms in total. The smallest absolute Gasteiger partial charge is 0.269 e. The van der Waals surface area contributed by atoms with Crippen LogP contribution >= 0.6 is 0 Å². The molecule has 2 rings (SSSR count). The van der Waals surface area contributed by atoms with Gasteiger partial charge in [-0.2, -0.15) is 0 Å². The lowest BCUT2D eigenvalue weighted by molar-refractivity contribution is 0.0958. The lowest BCUT2D eigenvalue weighted by Gasteiger charge is -2.07. The van der Waals surface area contributed by atoms with Crippen LogP contribution in [0.3, 0.4) is 0 Å². The van der Waals surface area contributed by atoms with Crippen LogP contribution in [-0.2, 0) is 0 Å². The van der Waals surface area contributed by atoms with Crippen molar-refractivity contribution in [3.63, 3.8) is 0 Å². The number of anilines is 1. The molecule has 0 aliphatic heterocycles. The van der Waals surface area contributed by atoms with Crippen LogP contribution < -0.4 is 16.6 Å². The van der Waals surface area contributed by atoms with Crippen LogP contribution in [0.4, 0.5) is 5.69 Å². The number of carbonyl (C=O) groups is 1. The molecule has 0 fully saturated rings. The highest BCUT2D eigenvalue weighted by Crippen LogP contribution is 2.21. The number of nitrogens with zero attached hydrogens (tertiary/aromatic N) is 1. The van der Waals surface area contributed by atoms with E-state index in [-0.39, 0.29) is 5.91 Å². The fourth-order valence-corrected chi connectivity index (χ4v) is 1.54. The number of hydrogen-bond acceptors (Lipinski definition) is 4. The van der Waals surface area contributed by atoms with Crippen molar-refractivity contribution in [3.05, 3.63) is 36.0 Å². The summed E-state index contributed by atoms with van der Waals surface area (Å²) in [4.78, 5) is 15.7. The molecule has 16 heavy (non-hydrogen) atoms. The maximum Gasteiger partial charge on any atom is 0.269 e. The molecule has 0 spiro atoms. The summed E-state index contributed by atoms with van der Waals surface area (Å²) in [6, 6.07) is 9.11. The highest BCUT2D eigenvalue weighted by molar-refractivity contribution is 5.99. The summed E-state index contributed by atoms with van der Waals surface area (Å²) in [6.45, 7) is 0. The van der Waals surface area contributed by atoms with Crippen LogP contribution in [0.5, 0.6) is 0 Å². The van der Waals surface area contributed by atoms with Crippen LogP contribution in [0.2, 0.25) is 0 Å². The molecule has 1 amide bonds. The van der Waals surface area contributed by atoms with Crippen molar-refractivity contribution in [1.29, 1.82) is 0 Å². The largest absolute Gasteiger partial charge is 0.354 e. The number of aromatic nitrogens is 1. The molecule has 0 saturated carbocycles. The summed E-state index contributed by atoms with van der Waals surface area (Å²) in [5, 5.41) is 3.41. The Labute approximate surface area is 92.6 Å². The van der Waals surface area contributed by atoms with Gasteiger partial charge in [-0.25, -0.2) is 4.98 Å². The maximum atomic E-state index is 11.5. The SMILES string of the molecule is CNC(=O)c1cc(NN)c2ccccc2n1. The van der Waals surface area contributed by atoms with Gasteiger partial charge in [0.15, 0.2) is 0 Å². The van der Waals surface area contributed by atoms with E-state index in [0.29, 0.717) is 11.4 Å². The van der Waals surface area contributed by atoms with Gasteiger partial charge in [-0.05, 0) is 12.1 Å². The summed E-state index contributed by atoms with van der Waals surface area (Å²) in [6.07, 6.45) is 0. The number of carbonyl (C=O) groups excluding carboxylic acids is 1. The molecule has 1 heterocycles. The Bertz CT molecular complexity index is 538. The first-order valence-corrected chi connectivity index (χ1v) is 4.84. The normalized spacial score (nSPS) is 10.1. The molecule has 0 atom stereocenters. The molecule has 4 N–H and O–H groups in total. The van der Waals surface area contributed by atoms with E-state index in [1.165, 1.54) is 0 Å². The van der Waals surface area contributed by atoms with Gasteiger partial charge in [0.25, 0.3) is 5.91 Å². The summed E-state index contributed by atoms with van der Waals surface area (Å²) in [7, 11) is 1.56. The van der Waals surface area contributed by atoms with Gasteiger partial charge in [0.05, 0.1) is 11.2 Å². The third-order valence-corrected chi connectivity index (χ3v) is 2.33. The molecular formula is C11H12N4O. The van der Waals surface area contributed by atoms with E-state index in [9.17, 15) is 4.79 Å². The van der Waals surface area contributed by atoms with Gasteiger partial charge in [-0.1, -0.05) is 18.2 Å². The molecule has 2 aromatic rings. The van der Waals surface area contributed by atoms with E-state index in [1.54, 1.807) is 13.1 Å². The van der Waals surface area contributed by atoms with Crippen LogP contribution in [0.25, 0.3) is 10.9 Å². The second kappa shape index (κ2) is 4.16. The summed E-state index contributed by atoms with van der Waals surface area (Å²) < 4.78 is 0. The molecule has 0 radical (unpaired) electrons. The lowest BCUT2D eigenvalue weighted by atomic mass is 10.1. The van der Waals surface area contributed by atoms with E-state index in [2.05, 4.69) is 15.7 Å². The van der Waals surface area contributed by atoms with Gasteiger partial charge in [-0.3, -0.25) is 10.6 Å². The van der Waals surface area contributed by atoms with Crippen LogP contribution in [0, 0.1) is 0 Å². The van der Waals surface area contributed by atoms with E-state index in [4.69, 9.17) is 5.84 Å². The van der Waals surface area contributed by atoms with Crippen molar-refractivity contribution >= 4 is 22.5 Å². The Morgan fingerprint density at radius 2 is 2.12 bits per heavy atom. The highest BCUT2D eigenvalue weighted by atomic mass is 16.1. The zero-order valence-corrected chi connectivity index (χ0v) is 8.82. The second-order valence-electron chi connectivity index (χ2n) is 3.30. The molecule has 0 saturated heterocycles. The number of rotatable bonds is 2. The Morgan fingerprint density at radius 1 is 1.38 bits per heavy atom. The van der Waals surface area contributed by atoms with Crippen LogP contribution in [-0.4, -0.2) is 17.9 Å². The van der Waals surface area contributed by atoms with Crippen molar-refractivity contribution in [1.82, 2.24) is 10.3 Å². The van der Waals surface area contributed by atoms with E-state index in [0.717, 1.165) is 10.9 Å². The number of amides is 1. The Balaban J connectivity index is 2.68. The predicted molar refractivity (Wildman–Crippen MR) is 62.9 cm³/mol. The number of nitrogens with one attached hydrogen (secondary N) is 2. The zero-order valence-electron chi connectivity index (χ0n) is 8.82. The minimum Gasteiger partial charge on any atom is -0.354 e. The molecular weight excluding hydrogens is 204 g/mol. The van der Waals surface area contributed by atoms with Crippen molar-refractivity contribution in [3.8, 4) is 0 Å². The minimum absolute atomic E-state index is 0.234. The maximum absolute atomic E-state index is 11.5. The molecule has 82 valence electrons. The lowest BCUT2D eigenvalue weighted by Crippen LogP contribution is -2.20. The van der Waals surface area contributed by atoms with Gasteiger partial charge in [0.2, 0.25) is 0 Å². The molecule has 0 aliphatic rings. The van der Waals surface area contributed by atoms with E-state index < -0.39 is 0 Å². The zero-order chi connectivity index (χ0) is 11.5. The molecule has 5 heteroatoms. The number of benzene rings is 1. The fraction of sp³-hybridized carbons (Fsp3) is 0.0909. The number of fused-ring (bicyclic) bond motifs is 1. The third-order valence-electron chi connectivity index (χ3n) is 2.33. The van der Waals surface area contributed by atoms with Gasteiger partial charge < -0.3 is 10.7 Å². The number of para-hydroxylation sites is 1. The van der Waals surface area contributed by atoms with Gasteiger partial charge >= 0.3 is 0 Å². The second-order valence-corrected chi connectivity index (χ2v) is 3.30. The standard InChI is InChI=1S/C11H12N4O/c1-13-11(16)10-6-9(15-12)7-4-2-3-5-8(7)14-10/h2-6H,12H2,1H3,(H,13,16)(H,14,15). The summed E-state index contributed by atoms with van der Waals surface area (Å²) in [5.74, 6) is 5.18. The molecule has 0 bridgehead atoms. The molecule has 1 aromatic carbocycles. The molecule has 1 aromatic heterocycles. The predicted octanol–water partition coefficient (Wildman–Crippen LogP) is 0.880. The Kier molecular flexibility index (Phi) is 2.70. The van der Waals surface area contributed by atoms with Crippen molar-refractivity contribution < 1.29 is 4.79 Å². The Morgan fingerprint density at radius 3 is 2.81 bits per heavy atom. The monoisotopic (exact) mass is 216 g/mol. The van der Waals surface area contributed by atoms with Gasteiger partial charge in [0.1, 0.15) is 5.69 Å². The van der Waals surface area contributed by atoms with Crippen molar-refractivity contribution in [2.45, 2.75) is 0 Å². The van der Waals surface area contributed by atoms with Crippen molar-refractivity contribution in [2.75, 3.05) is 12.5 Å². The first-order valence-electron chi connectivity index (χ1n) is 4.84. The fourth-order valence-electron chi connectivity index (χ4n) is 1.54. The van der Waals surface area contributed by atoms with Gasteiger partial charge in [0, 0.05) is 12.4 Å². The van der Waals surface area contributed by atoms with E-state index in [1.807, 2.05) is 24.3 Å². The van der Waals surface area contributed by atoms with Crippen molar-refractivity contribution in [2.24, 2.45) is 5.84 Å². The first kappa shape index (κ1) is 10.4. The summed E-state index contributed by atoms with van der Waals surface area (Å²) in [5.41, 5.74) is 4.33. The Hall–Kier alpha value is -2.14. The first-order chi connectivity index (χ1) is 7.76. The average molecular weight is 216 g/mol. The van der Waals surface area contributed by atoms with E-state index >= 15 is 0 Å². The number of pyridine rings is 1. The topological polar surface area (TPSA) is 80.0 Å². The van der Waals surface area contributed by atoms with Crippen LogP contribution in [0.15, 0.2) is 30.3 Å². The van der Waals surface area contributed by atoms with Gasteiger partial charge in [-0.15, -0.1) is 0 Å². The van der Waals surface area contributed by atoms with Crippen LogP contribution in [0.1, 0.15) is 10.5 Å². The number of hydrazine groups is 1. The quantitative estimate of drug-likeness (QED) is 0.514. The molecule has 0 unspecified atom stereocenters.